The summed E-state index contributed by atoms with van der Waals surface area (Å²) in [5.41, 5.74) is 3.85. The van der Waals surface area contributed by atoms with E-state index in [0.717, 1.165) is 38.2 Å². The topological polar surface area (TPSA) is 18.5 Å². The summed E-state index contributed by atoms with van der Waals surface area (Å²) in [6.07, 6.45) is 24.2. The standard InChI is InChI=1S/C36H58O2/c1-4-7-9-10-11-12-13-14-15-16-17-18-20-35(19-6-3)38-31-29-32-21-23-33(24-22-32)34-25-27-36(28-26-34)37-30-8-5-2/h21-28,35H,4-20,29-31H2,1-3H3. The highest BCUT2D eigenvalue weighted by Gasteiger charge is 2.08. The zero-order chi connectivity index (χ0) is 27.1. The van der Waals surface area contributed by atoms with E-state index < -0.39 is 0 Å². The van der Waals surface area contributed by atoms with Crippen molar-refractivity contribution in [2.24, 2.45) is 0 Å². The lowest BCUT2D eigenvalue weighted by molar-refractivity contribution is 0.0414. The minimum absolute atomic E-state index is 0.431. The van der Waals surface area contributed by atoms with Gasteiger partial charge < -0.3 is 9.47 Å². The summed E-state index contributed by atoms with van der Waals surface area (Å²) in [4.78, 5) is 0. The van der Waals surface area contributed by atoms with Crippen LogP contribution in [-0.2, 0) is 11.2 Å². The molecule has 0 fully saturated rings. The molecule has 0 aliphatic heterocycles. The van der Waals surface area contributed by atoms with E-state index >= 15 is 0 Å². The quantitative estimate of drug-likeness (QED) is 0.128. The van der Waals surface area contributed by atoms with Gasteiger partial charge in [-0.3, -0.25) is 0 Å². The smallest absolute Gasteiger partial charge is 0.119 e. The number of ether oxygens (including phenoxy) is 2. The fraction of sp³-hybridized carbons (Fsp3) is 0.667. The van der Waals surface area contributed by atoms with Crippen molar-refractivity contribution in [3.63, 3.8) is 0 Å². The molecular weight excluding hydrogens is 464 g/mol. The van der Waals surface area contributed by atoms with Crippen LogP contribution >= 0.6 is 0 Å². The van der Waals surface area contributed by atoms with Crippen molar-refractivity contribution in [2.45, 2.75) is 142 Å². The van der Waals surface area contributed by atoms with Gasteiger partial charge in [-0.15, -0.1) is 0 Å². The van der Waals surface area contributed by atoms with E-state index in [1.165, 1.54) is 113 Å². The third kappa shape index (κ3) is 15.0. The van der Waals surface area contributed by atoms with E-state index in [9.17, 15) is 0 Å². The summed E-state index contributed by atoms with van der Waals surface area (Å²) in [5, 5.41) is 0. The predicted octanol–water partition coefficient (Wildman–Crippen LogP) is 11.4. The number of hydrogen-bond acceptors (Lipinski definition) is 2. The molecule has 2 aromatic carbocycles. The summed E-state index contributed by atoms with van der Waals surface area (Å²) >= 11 is 0. The highest BCUT2D eigenvalue weighted by Crippen LogP contribution is 2.23. The molecule has 1 unspecified atom stereocenters. The van der Waals surface area contributed by atoms with Gasteiger partial charge in [-0.1, -0.05) is 147 Å². The van der Waals surface area contributed by atoms with Crippen molar-refractivity contribution >= 4 is 0 Å². The molecule has 0 aliphatic rings. The van der Waals surface area contributed by atoms with E-state index in [1.807, 2.05) is 0 Å². The van der Waals surface area contributed by atoms with Crippen molar-refractivity contribution in [2.75, 3.05) is 13.2 Å². The van der Waals surface area contributed by atoms with Crippen LogP contribution in [0.3, 0.4) is 0 Å². The van der Waals surface area contributed by atoms with E-state index in [4.69, 9.17) is 9.47 Å². The van der Waals surface area contributed by atoms with Crippen molar-refractivity contribution in [3.05, 3.63) is 54.1 Å². The normalized spacial score (nSPS) is 12.1. The molecule has 0 N–H and O–H groups in total. The van der Waals surface area contributed by atoms with Crippen LogP contribution in [0.15, 0.2) is 48.5 Å². The monoisotopic (exact) mass is 522 g/mol. The number of benzene rings is 2. The van der Waals surface area contributed by atoms with E-state index in [2.05, 4.69) is 69.3 Å². The largest absolute Gasteiger partial charge is 0.494 e. The first-order chi connectivity index (χ1) is 18.8. The number of unbranched alkanes of at least 4 members (excludes halogenated alkanes) is 12. The first-order valence-corrected chi connectivity index (χ1v) is 16.2. The third-order valence-corrected chi connectivity index (χ3v) is 7.64. The third-order valence-electron chi connectivity index (χ3n) is 7.64. The molecule has 0 radical (unpaired) electrons. The van der Waals surface area contributed by atoms with Crippen LogP contribution in [0, 0.1) is 0 Å². The van der Waals surface area contributed by atoms with Gasteiger partial charge in [-0.2, -0.15) is 0 Å². The summed E-state index contributed by atoms with van der Waals surface area (Å²) in [7, 11) is 0. The van der Waals surface area contributed by atoms with Gasteiger partial charge >= 0.3 is 0 Å². The van der Waals surface area contributed by atoms with Gasteiger partial charge in [0.15, 0.2) is 0 Å². The highest BCUT2D eigenvalue weighted by atomic mass is 16.5. The van der Waals surface area contributed by atoms with E-state index in [1.54, 1.807) is 0 Å². The average Bonchev–Trinajstić information content (AvgIpc) is 2.94. The molecule has 2 heteroatoms. The second-order valence-corrected chi connectivity index (χ2v) is 11.1. The molecule has 2 rings (SSSR count). The minimum atomic E-state index is 0.431. The second kappa shape index (κ2) is 22.1. The molecule has 2 aromatic rings. The van der Waals surface area contributed by atoms with Gasteiger partial charge in [-0.25, -0.2) is 0 Å². The lowest BCUT2D eigenvalue weighted by Gasteiger charge is -2.17. The van der Waals surface area contributed by atoms with Crippen molar-refractivity contribution in [1.29, 1.82) is 0 Å². The number of hydrogen-bond donors (Lipinski definition) is 0. The molecular formula is C36H58O2. The lowest BCUT2D eigenvalue weighted by Crippen LogP contribution is -2.14. The Labute approximate surface area is 235 Å². The van der Waals surface area contributed by atoms with E-state index in [0.29, 0.717) is 6.10 Å². The first kappa shape index (κ1) is 32.4. The molecule has 0 aromatic heterocycles. The van der Waals surface area contributed by atoms with Crippen LogP contribution in [0.1, 0.15) is 135 Å². The summed E-state index contributed by atoms with van der Waals surface area (Å²) in [5.74, 6) is 0.959. The molecule has 0 spiro atoms. The fourth-order valence-corrected chi connectivity index (χ4v) is 5.13. The SMILES string of the molecule is CCCCCCCCCCCCCCC(CCC)OCCc1ccc(-c2ccc(OCCCC)cc2)cc1. The van der Waals surface area contributed by atoms with Crippen LogP contribution in [0.5, 0.6) is 5.75 Å². The van der Waals surface area contributed by atoms with Gasteiger partial charge in [0.05, 0.1) is 19.3 Å². The molecule has 0 bridgehead atoms. The summed E-state index contributed by atoms with van der Waals surface area (Å²) < 4.78 is 12.1. The number of rotatable bonds is 24. The molecule has 38 heavy (non-hydrogen) atoms. The Hall–Kier alpha value is -1.80. The van der Waals surface area contributed by atoms with Gasteiger partial charge in [0, 0.05) is 0 Å². The Morgan fingerprint density at radius 1 is 0.500 bits per heavy atom. The van der Waals surface area contributed by atoms with Gasteiger partial charge in [0.25, 0.3) is 0 Å². The average molecular weight is 523 g/mol. The highest BCUT2D eigenvalue weighted by molar-refractivity contribution is 5.64. The van der Waals surface area contributed by atoms with Crippen molar-refractivity contribution in [1.82, 2.24) is 0 Å². The zero-order valence-electron chi connectivity index (χ0n) is 25.2. The molecule has 1 atom stereocenters. The molecule has 0 amide bonds. The Balaban J connectivity index is 1.58. The Bertz CT molecular complexity index is 780. The van der Waals surface area contributed by atoms with Crippen LogP contribution in [-0.4, -0.2) is 19.3 Å². The maximum absolute atomic E-state index is 6.34. The summed E-state index contributed by atoms with van der Waals surface area (Å²) in [6, 6.07) is 17.5. The molecule has 0 aliphatic carbocycles. The van der Waals surface area contributed by atoms with Gasteiger partial charge in [0.1, 0.15) is 5.75 Å². The maximum Gasteiger partial charge on any atom is 0.119 e. The molecule has 214 valence electrons. The van der Waals surface area contributed by atoms with Crippen LogP contribution in [0.25, 0.3) is 11.1 Å². The molecule has 0 saturated carbocycles. The van der Waals surface area contributed by atoms with Crippen LogP contribution < -0.4 is 4.74 Å². The molecule has 0 heterocycles. The molecule has 2 nitrogen and oxygen atoms in total. The maximum atomic E-state index is 6.34. The Morgan fingerprint density at radius 2 is 1.03 bits per heavy atom. The molecule has 0 saturated heterocycles. The lowest BCUT2D eigenvalue weighted by atomic mass is 10.0. The van der Waals surface area contributed by atoms with Crippen molar-refractivity contribution in [3.8, 4) is 16.9 Å². The first-order valence-electron chi connectivity index (χ1n) is 16.2. The fourth-order valence-electron chi connectivity index (χ4n) is 5.13. The van der Waals surface area contributed by atoms with Crippen LogP contribution in [0.2, 0.25) is 0 Å². The summed E-state index contributed by atoms with van der Waals surface area (Å²) in [6.45, 7) is 8.38. The van der Waals surface area contributed by atoms with Gasteiger partial charge in [0.2, 0.25) is 0 Å². The van der Waals surface area contributed by atoms with Crippen LogP contribution in [0.4, 0.5) is 0 Å². The van der Waals surface area contributed by atoms with Crippen molar-refractivity contribution < 1.29 is 9.47 Å². The minimum Gasteiger partial charge on any atom is -0.494 e. The second-order valence-electron chi connectivity index (χ2n) is 11.1. The van der Waals surface area contributed by atoms with Gasteiger partial charge in [-0.05, 0) is 54.5 Å². The van der Waals surface area contributed by atoms with E-state index in [-0.39, 0.29) is 0 Å². The zero-order valence-corrected chi connectivity index (χ0v) is 25.2. The Morgan fingerprint density at radius 3 is 1.58 bits per heavy atom. The Kier molecular flexibility index (Phi) is 18.8. The predicted molar refractivity (Wildman–Crippen MR) is 166 cm³/mol.